The fourth-order valence-electron chi connectivity index (χ4n) is 2.79. The second-order valence-electron chi connectivity index (χ2n) is 6.13. The summed E-state index contributed by atoms with van der Waals surface area (Å²) in [5.41, 5.74) is 2.83. The molecule has 0 spiro atoms. The Morgan fingerprint density at radius 3 is 2.63 bits per heavy atom. The Labute approximate surface area is 162 Å². The lowest BCUT2D eigenvalue weighted by molar-refractivity contribution is -0.115. The van der Waals surface area contributed by atoms with Crippen LogP contribution in [0, 0.1) is 6.92 Å². The predicted octanol–water partition coefficient (Wildman–Crippen LogP) is 4.32. The smallest absolute Gasteiger partial charge is 0.262 e. The number of sulfonamides is 1. The van der Waals surface area contributed by atoms with E-state index >= 15 is 0 Å². The van der Waals surface area contributed by atoms with Gasteiger partial charge in [0.05, 0.1) is 20.8 Å². The molecule has 0 saturated heterocycles. The van der Waals surface area contributed by atoms with E-state index in [0.29, 0.717) is 23.7 Å². The van der Waals surface area contributed by atoms with Gasteiger partial charge in [-0.05, 0) is 42.7 Å². The highest BCUT2D eigenvalue weighted by molar-refractivity contribution is 7.92. The van der Waals surface area contributed by atoms with Gasteiger partial charge in [-0.2, -0.15) is 0 Å². The third-order valence-corrected chi connectivity index (χ3v) is 6.55. The second-order valence-corrected chi connectivity index (χ2v) is 8.81. The quantitative estimate of drug-likeness (QED) is 0.642. The zero-order valence-corrected chi connectivity index (χ0v) is 17.0. The summed E-state index contributed by atoms with van der Waals surface area (Å²) in [6, 6.07) is 10.5. The first-order valence-electron chi connectivity index (χ1n) is 8.65. The van der Waals surface area contributed by atoms with Crippen molar-refractivity contribution >= 4 is 48.3 Å². The van der Waals surface area contributed by atoms with Crippen LogP contribution in [0.3, 0.4) is 0 Å². The van der Waals surface area contributed by atoms with Crippen LogP contribution in [0.5, 0.6) is 0 Å². The van der Waals surface area contributed by atoms with Crippen LogP contribution in [0.1, 0.15) is 31.4 Å². The maximum atomic E-state index is 12.8. The molecular formula is C19H21N3O3S2. The number of rotatable bonds is 6. The van der Waals surface area contributed by atoms with Crippen molar-refractivity contribution in [3.05, 3.63) is 47.5 Å². The van der Waals surface area contributed by atoms with Crippen molar-refractivity contribution in [1.82, 2.24) is 4.98 Å². The minimum absolute atomic E-state index is 0.108. The number of amides is 1. The molecule has 0 unspecified atom stereocenters. The van der Waals surface area contributed by atoms with E-state index < -0.39 is 10.0 Å². The largest absolute Gasteiger partial charge is 0.302 e. The summed E-state index contributed by atoms with van der Waals surface area (Å²) < 4.78 is 29.2. The summed E-state index contributed by atoms with van der Waals surface area (Å²) in [5.74, 6) is -0.108. The SMILES string of the molecule is CCC(=O)Nc1nc2c(C)cc(NS(=O)(=O)c3ccccc3CC)cc2s1. The van der Waals surface area contributed by atoms with Crippen molar-refractivity contribution in [3.8, 4) is 0 Å². The first kappa shape index (κ1) is 19.3. The molecule has 8 heteroatoms. The molecule has 0 saturated carbocycles. The van der Waals surface area contributed by atoms with Crippen molar-refractivity contribution in [1.29, 1.82) is 0 Å². The average Bonchev–Trinajstić information content (AvgIpc) is 3.04. The summed E-state index contributed by atoms with van der Waals surface area (Å²) >= 11 is 1.32. The molecule has 0 fully saturated rings. The molecule has 1 aromatic heterocycles. The number of hydrogen-bond acceptors (Lipinski definition) is 5. The molecule has 3 aromatic rings. The van der Waals surface area contributed by atoms with Crippen LogP contribution >= 0.6 is 11.3 Å². The highest BCUT2D eigenvalue weighted by Crippen LogP contribution is 2.32. The van der Waals surface area contributed by atoms with Crippen molar-refractivity contribution in [2.24, 2.45) is 0 Å². The molecule has 2 N–H and O–H groups in total. The Morgan fingerprint density at radius 1 is 1.19 bits per heavy atom. The van der Waals surface area contributed by atoms with Gasteiger partial charge < -0.3 is 5.32 Å². The average molecular weight is 404 g/mol. The Kier molecular flexibility index (Phi) is 5.48. The van der Waals surface area contributed by atoms with Crippen molar-refractivity contribution in [3.63, 3.8) is 0 Å². The number of aryl methyl sites for hydroxylation is 2. The lowest BCUT2D eigenvalue weighted by Gasteiger charge is -2.12. The van der Waals surface area contributed by atoms with Gasteiger partial charge in [-0.15, -0.1) is 0 Å². The van der Waals surface area contributed by atoms with E-state index in [-0.39, 0.29) is 10.8 Å². The molecule has 1 amide bonds. The van der Waals surface area contributed by atoms with Crippen LogP contribution in [0.15, 0.2) is 41.3 Å². The highest BCUT2D eigenvalue weighted by Gasteiger charge is 2.19. The number of carbonyl (C=O) groups is 1. The molecule has 0 aliphatic heterocycles. The predicted molar refractivity (Wildman–Crippen MR) is 110 cm³/mol. The molecule has 27 heavy (non-hydrogen) atoms. The molecule has 0 aliphatic carbocycles. The zero-order chi connectivity index (χ0) is 19.6. The molecule has 3 rings (SSSR count). The Bertz CT molecular complexity index is 1100. The van der Waals surface area contributed by atoms with Crippen LogP contribution < -0.4 is 10.0 Å². The number of fused-ring (bicyclic) bond motifs is 1. The summed E-state index contributed by atoms with van der Waals surface area (Å²) in [5, 5.41) is 3.26. The standard InChI is InChI=1S/C19H21N3O3S2/c1-4-13-8-6-7-9-16(13)27(24,25)22-14-10-12(3)18-15(11-14)26-19(21-18)20-17(23)5-2/h6-11,22H,4-5H2,1-3H3,(H,20,21,23). The number of carbonyl (C=O) groups excluding carboxylic acids is 1. The van der Waals surface area contributed by atoms with Crippen LogP contribution in [0.4, 0.5) is 10.8 Å². The van der Waals surface area contributed by atoms with Crippen molar-refractivity contribution in [2.45, 2.75) is 38.5 Å². The molecule has 142 valence electrons. The molecule has 0 aliphatic rings. The monoisotopic (exact) mass is 403 g/mol. The molecule has 2 aromatic carbocycles. The van der Waals surface area contributed by atoms with Crippen molar-refractivity contribution < 1.29 is 13.2 Å². The third kappa shape index (κ3) is 4.12. The molecule has 0 atom stereocenters. The summed E-state index contributed by atoms with van der Waals surface area (Å²) in [6.45, 7) is 5.56. The van der Waals surface area contributed by atoms with E-state index in [4.69, 9.17) is 0 Å². The van der Waals surface area contributed by atoms with Crippen LogP contribution in [0.2, 0.25) is 0 Å². The van der Waals surface area contributed by atoms with Gasteiger partial charge in [0, 0.05) is 6.42 Å². The van der Waals surface area contributed by atoms with Crippen LogP contribution in [-0.4, -0.2) is 19.3 Å². The van der Waals surface area contributed by atoms with Crippen LogP contribution in [-0.2, 0) is 21.2 Å². The molecule has 1 heterocycles. The summed E-state index contributed by atoms with van der Waals surface area (Å²) in [6.07, 6.45) is 1.00. The minimum Gasteiger partial charge on any atom is -0.302 e. The van der Waals surface area contributed by atoms with E-state index in [2.05, 4.69) is 15.0 Å². The summed E-state index contributed by atoms with van der Waals surface area (Å²) in [7, 11) is -3.69. The van der Waals surface area contributed by atoms with E-state index in [0.717, 1.165) is 21.3 Å². The van der Waals surface area contributed by atoms with Gasteiger partial charge in [-0.25, -0.2) is 13.4 Å². The number of nitrogens with zero attached hydrogens (tertiary/aromatic N) is 1. The van der Waals surface area contributed by atoms with E-state index in [1.165, 1.54) is 11.3 Å². The fraction of sp³-hybridized carbons (Fsp3) is 0.263. The van der Waals surface area contributed by atoms with Gasteiger partial charge in [-0.3, -0.25) is 9.52 Å². The second kappa shape index (κ2) is 7.66. The Morgan fingerprint density at radius 2 is 1.93 bits per heavy atom. The zero-order valence-electron chi connectivity index (χ0n) is 15.4. The maximum Gasteiger partial charge on any atom is 0.262 e. The van der Waals surface area contributed by atoms with E-state index in [1.54, 1.807) is 31.2 Å². The minimum atomic E-state index is -3.69. The first-order valence-corrected chi connectivity index (χ1v) is 11.0. The fourth-order valence-corrected chi connectivity index (χ4v) is 5.14. The first-order chi connectivity index (χ1) is 12.8. The Hall–Kier alpha value is -2.45. The van der Waals surface area contributed by atoms with Gasteiger partial charge in [0.25, 0.3) is 10.0 Å². The number of aromatic nitrogens is 1. The molecule has 0 radical (unpaired) electrons. The van der Waals surface area contributed by atoms with Gasteiger partial charge >= 0.3 is 0 Å². The number of anilines is 2. The van der Waals surface area contributed by atoms with Gasteiger partial charge in [0.1, 0.15) is 0 Å². The van der Waals surface area contributed by atoms with Crippen molar-refractivity contribution in [2.75, 3.05) is 10.0 Å². The van der Waals surface area contributed by atoms with Crippen LogP contribution in [0.25, 0.3) is 10.2 Å². The number of hydrogen-bond donors (Lipinski definition) is 2. The van der Waals surface area contributed by atoms with Gasteiger partial charge in [0.15, 0.2) is 5.13 Å². The summed E-state index contributed by atoms with van der Waals surface area (Å²) in [4.78, 5) is 16.3. The number of nitrogens with one attached hydrogen (secondary N) is 2. The van der Waals surface area contributed by atoms with E-state index in [1.807, 2.05) is 26.0 Å². The maximum absolute atomic E-state index is 12.8. The molecule has 0 bridgehead atoms. The normalized spacial score (nSPS) is 11.5. The molecule has 6 nitrogen and oxygen atoms in total. The van der Waals surface area contributed by atoms with E-state index in [9.17, 15) is 13.2 Å². The lowest BCUT2D eigenvalue weighted by atomic mass is 10.2. The van der Waals surface area contributed by atoms with Gasteiger partial charge in [0.2, 0.25) is 5.91 Å². The Balaban J connectivity index is 1.96. The number of benzene rings is 2. The molecular weight excluding hydrogens is 382 g/mol. The topological polar surface area (TPSA) is 88.2 Å². The van der Waals surface area contributed by atoms with Gasteiger partial charge in [-0.1, -0.05) is 43.4 Å². The number of thiazole rings is 1. The highest BCUT2D eigenvalue weighted by atomic mass is 32.2. The third-order valence-electron chi connectivity index (χ3n) is 4.15. The lowest BCUT2D eigenvalue weighted by Crippen LogP contribution is -2.15.